The molecule has 0 aromatic heterocycles. The number of hydrogen-bond donors (Lipinski definition) is 2. The summed E-state index contributed by atoms with van der Waals surface area (Å²) in [6.07, 6.45) is 17.3. The van der Waals surface area contributed by atoms with E-state index >= 15 is 0 Å². The molecule has 0 aliphatic heterocycles. The number of benzene rings is 4. The number of unbranched alkanes of at least 4 members (excludes halogenated alkanes) is 11. The summed E-state index contributed by atoms with van der Waals surface area (Å²) < 4.78 is 38.7. The normalized spacial score (nSPS) is 11.0. The number of carboxylic acid groups (broad SMARTS) is 1. The third-order valence-electron chi connectivity index (χ3n) is 10.2. The molecule has 4 rings (SSSR count). The quantitative estimate of drug-likeness (QED) is 0.0125. The Kier molecular flexibility index (Phi) is 22.9. The Morgan fingerprint density at radius 3 is 1.70 bits per heavy atom. The Labute approximate surface area is 386 Å². The minimum Gasteiger partial charge on any atom is -0.493 e. The molecule has 0 saturated heterocycles. The van der Waals surface area contributed by atoms with E-state index in [0.29, 0.717) is 66.7 Å². The largest absolute Gasteiger partial charge is 0.493 e. The standard InChI is InChI=1S/C52H61NO13/c1-60-47-35-39(23-30-49(56)61-2)21-27-46(47)63-32-13-11-10-12-31-62-45-28-26-43(66-51(58)40-24-19-38(20-25-40)22-29-48(54)55)37-44(45)52(59)65-34-15-9-7-5-3-4-6-8-14-33-64-50(57)41-17-16-18-42(53)36-41/h16-30,35-37H,3-15,31-34,53H2,1-2H3,(H,54,55)/b29-22+,30-23+. The molecule has 14 heteroatoms. The predicted molar refractivity (Wildman–Crippen MR) is 251 cm³/mol. The first-order chi connectivity index (χ1) is 32.1. The molecule has 4 aromatic rings. The lowest BCUT2D eigenvalue weighted by Gasteiger charge is -2.14. The van der Waals surface area contributed by atoms with Crippen molar-refractivity contribution in [3.63, 3.8) is 0 Å². The summed E-state index contributed by atoms with van der Waals surface area (Å²) in [5.74, 6) is -1.53. The van der Waals surface area contributed by atoms with Crippen LogP contribution in [0.15, 0.2) is 97.1 Å². The number of anilines is 1. The summed E-state index contributed by atoms with van der Waals surface area (Å²) in [5, 5.41) is 8.88. The van der Waals surface area contributed by atoms with Crippen molar-refractivity contribution in [1.82, 2.24) is 0 Å². The Bertz CT molecular complexity index is 2230. The minimum atomic E-state index is -1.08. The van der Waals surface area contributed by atoms with E-state index in [1.807, 2.05) is 6.07 Å². The van der Waals surface area contributed by atoms with Crippen LogP contribution in [0.3, 0.4) is 0 Å². The maximum atomic E-state index is 13.4. The minimum absolute atomic E-state index is 0.136. The predicted octanol–water partition coefficient (Wildman–Crippen LogP) is 10.3. The van der Waals surface area contributed by atoms with Gasteiger partial charge in [0.2, 0.25) is 0 Å². The zero-order valence-corrected chi connectivity index (χ0v) is 37.8. The first-order valence-electron chi connectivity index (χ1n) is 22.3. The average Bonchev–Trinajstić information content (AvgIpc) is 3.32. The van der Waals surface area contributed by atoms with Crippen molar-refractivity contribution >= 4 is 47.7 Å². The van der Waals surface area contributed by atoms with Gasteiger partial charge in [0.05, 0.1) is 51.8 Å². The number of hydrogen-bond acceptors (Lipinski definition) is 13. The first-order valence-corrected chi connectivity index (χ1v) is 22.3. The Hall–Kier alpha value is -7.09. The van der Waals surface area contributed by atoms with E-state index < -0.39 is 23.9 Å². The molecule has 0 spiro atoms. The van der Waals surface area contributed by atoms with Gasteiger partial charge in [0, 0.05) is 17.8 Å². The molecule has 0 amide bonds. The van der Waals surface area contributed by atoms with E-state index in [4.69, 9.17) is 39.3 Å². The summed E-state index contributed by atoms with van der Waals surface area (Å²) in [6.45, 7) is 1.43. The molecule has 0 bridgehead atoms. The summed E-state index contributed by atoms with van der Waals surface area (Å²) in [5.41, 5.74) is 8.48. The molecule has 0 radical (unpaired) electrons. The van der Waals surface area contributed by atoms with E-state index in [9.17, 15) is 24.0 Å². The van der Waals surface area contributed by atoms with E-state index in [2.05, 4.69) is 4.74 Å². The molecule has 14 nitrogen and oxygen atoms in total. The fourth-order valence-electron chi connectivity index (χ4n) is 6.58. The Balaban J connectivity index is 1.19. The SMILES string of the molecule is COC(=O)/C=C/c1ccc(OCCCCCCOc2ccc(OC(=O)c3ccc(/C=C/C(=O)O)cc3)cc2C(=O)OCCCCCCCCCCCOC(=O)c2cccc(N)c2)c(OC)c1. The number of carbonyl (C=O) groups is 5. The Morgan fingerprint density at radius 2 is 1.09 bits per heavy atom. The smallest absolute Gasteiger partial charge is 0.343 e. The van der Waals surface area contributed by atoms with E-state index in [0.717, 1.165) is 82.3 Å². The Morgan fingerprint density at radius 1 is 0.530 bits per heavy atom. The lowest BCUT2D eigenvalue weighted by Crippen LogP contribution is -2.12. The zero-order valence-electron chi connectivity index (χ0n) is 37.8. The maximum absolute atomic E-state index is 13.4. The van der Waals surface area contributed by atoms with Crippen molar-refractivity contribution in [3.05, 3.63) is 125 Å². The van der Waals surface area contributed by atoms with Crippen LogP contribution in [0.4, 0.5) is 5.69 Å². The van der Waals surface area contributed by atoms with Gasteiger partial charge in [-0.2, -0.15) is 0 Å². The highest BCUT2D eigenvalue weighted by atomic mass is 16.5. The van der Waals surface area contributed by atoms with Crippen LogP contribution in [0.25, 0.3) is 12.2 Å². The molecule has 66 heavy (non-hydrogen) atoms. The summed E-state index contributed by atoms with van der Waals surface area (Å²) >= 11 is 0. The van der Waals surface area contributed by atoms with Gasteiger partial charge in [-0.05, 0) is 122 Å². The molecule has 352 valence electrons. The highest BCUT2D eigenvalue weighted by Crippen LogP contribution is 2.30. The maximum Gasteiger partial charge on any atom is 0.343 e. The topological polar surface area (TPSA) is 196 Å². The van der Waals surface area contributed by atoms with Crippen molar-refractivity contribution < 1.29 is 62.2 Å². The molecular weight excluding hydrogens is 847 g/mol. The van der Waals surface area contributed by atoms with Crippen LogP contribution in [-0.4, -0.2) is 75.6 Å². The van der Waals surface area contributed by atoms with Crippen molar-refractivity contribution in [2.45, 2.75) is 83.5 Å². The summed E-state index contributed by atoms with van der Waals surface area (Å²) in [6, 6.07) is 23.0. The molecule has 0 atom stereocenters. The number of methoxy groups -OCH3 is 2. The highest BCUT2D eigenvalue weighted by Gasteiger charge is 2.18. The number of aliphatic carboxylic acids is 1. The van der Waals surface area contributed by atoms with Gasteiger partial charge in [-0.15, -0.1) is 0 Å². The van der Waals surface area contributed by atoms with Gasteiger partial charge >= 0.3 is 29.8 Å². The molecule has 0 aliphatic rings. The van der Waals surface area contributed by atoms with Crippen LogP contribution in [0.5, 0.6) is 23.0 Å². The number of esters is 4. The van der Waals surface area contributed by atoms with Crippen LogP contribution >= 0.6 is 0 Å². The van der Waals surface area contributed by atoms with Crippen LogP contribution in [0.1, 0.15) is 126 Å². The lowest BCUT2D eigenvalue weighted by molar-refractivity contribution is -0.135. The zero-order chi connectivity index (χ0) is 47.4. The number of ether oxygens (including phenoxy) is 7. The second kappa shape index (κ2) is 29.4. The molecule has 0 heterocycles. The van der Waals surface area contributed by atoms with Crippen LogP contribution < -0.4 is 24.7 Å². The molecule has 0 fully saturated rings. The number of nitrogens with two attached hydrogens (primary N) is 1. The number of rotatable bonds is 30. The highest BCUT2D eigenvalue weighted by molar-refractivity contribution is 5.95. The van der Waals surface area contributed by atoms with Crippen molar-refractivity contribution in [3.8, 4) is 23.0 Å². The molecular formula is C52H61NO13. The van der Waals surface area contributed by atoms with Crippen molar-refractivity contribution in [2.75, 3.05) is 46.4 Å². The van der Waals surface area contributed by atoms with Gasteiger partial charge < -0.3 is 44.0 Å². The summed E-state index contributed by atoms with van der Waals surface area (Å²) in [4.78, 5) is 60.8. The van der Waals surface area contributed by atoms with Gasteiger partial charge in [-0.25, -0.2) is 24.0 Å². The first kappa shape index (κ1) is 51.5. The third kappa shape index (κ3) is 19.3. The van der Waals surface area contributed by atoms with E-state index in [1.165, 1.54) is 37.5 Å². The second-order valence-electron chi connectivity index (χ2n) is 15.3. The van der Waals surface area contributed by atoms with Crippen molar-refractivity contribution in [1.29, 1.82) is 0 Å². The number of carbonyl (C=O) groups excluding carboxylic acids is 4. The second-order valence-corrected chi connectivity index (χ2v) is 15.3. The van der Waals surface area contributed by atoms with E-state index in [1.54, 1.807) is 73.8 Å². The molecule has 0 saturated carbocycles. The monoisotopic (exact) mass is 907 g/mol. The number of nitrogen functional groups attached to an aromatic ring is 1. The van der Waals surface area contributed by atoms with Crippen LogP contribution in [0, 0.1) is 0 Å². The number of carboxylic acids is 1. The van der Waals surface area contributed by atoms with Gasteiger partial charge in [0.25, 0.3) is 0 Å². The molecule has 3 N–H and O–H groups in total. The third-order valence-corrected chi connectivity index (χ3v) is 10.2. The average molecular weight is 908 g/mol. The molecule has 0 aliphatic carbocycles. The van der Waals surface area contributed by atoms with Gasteiger partial charge in [-0.1, -0.05) is 69.2 Å². The van der Waals surface area contributed by atoms with Crippen molar-refractivity contribution in [2.24, 2.45) is 0 Å². The van der Waals surface area contributed by atoms with Gasteiger partial charge in [-0.3, -0.25) is 0 Å². The van der Waals surface area contributed by atoms with Crippen LogP contribution in [0.2, 0.25) is 0 Å². The lowest BCUT2D eigenvalue weighted by atomic mass is 10.1. The fourth-order valence-corrected chi connectivity index (χ4v) is 6.58. The van der Waals surface area contributed by atoms with Gasteiger partial charge in [0.15, 0.2) is 11.5 Å². The van der Waals surface area contributed by atoms with E-state index in [-0.39, 0.29) is 29.5 Å². The van der Waals surface area contributed by atoms with Gasteiger partial charge in [0.1, 0.15) is 17.1 Å². The summed E-state index contributed by atoms with van der Waals surface area (Å²) in [7, 11) is 2.87. The fraction of sp³-hybridized carbons (Fsp3) is 0.365. The van der Waals surface area contributed by atoms with Crippen LogP contribution in [-0.2, 0) is 23.8 Å². The molecule has 4 aromatic carbocycles. The molecule has 0 unspecified atom stereocenters.